The van der Waals surface area contributed by atoms with Gasteiger partial charge in [-0.25, -0.2) is 0 Å². The van der Waals surface area contributed by atoms with E-state index in [2.05, 4.69) is 5.32 Å². The largest absolute Gasteiger partial charge is 0.388 e. The lowest BCUT2D eigenvalue weighted by molar-refractivity contribution is -0.238. The molecule has 0 aromatic rings. The molecule has 2 fully saturated rings. The number of carbonyl (C=O) groups is 1. The molecule has 0 aromatic heterocycles. The van der Waals surface area contributed by atoms with E-state index in [9.17, 15) is 15.0 Å². The number of amides is 1. The van der Waals surface area contributed by atoms with Crippen molar-refractivity contribution in [3.63, 3.8) is 0 Å². The average Bonchev–Trinajstić information content (AvgIpc) is 3.10. The standard InChI is InChI=1S/C18H33NO10/c1-13(20)19-14-15(21)16(22)18(12-28-17(14)29-18)11-27-10-9-26-8-7-25-6-5-24-4-3-23-2/h14-17,21-22H,3-12H2,1-2H3,(H,19,20). The van der Waals surface area contributed by atoms with Crippen LogP contribution in [0.15, 0.2) is 0 Å². The molecule has 0 spiro atoms. The van der Waals surface area contributed by atoms with Gasteiger partial charge < -0.3 is 48.7 Å². The number of carbonyl (C=O) groups excluding carboxylic acids is 1. The molecule has 2 rings (SSSR count). The molecule has 11 heteroatoms. The van der Waals surface area contributed by atoms with Gasteiger partial charge in [0.05, 0.1) is 66.1 Å². The summed E-state index contributed by atoms with van der Waals surface area (Å²) in [5.74, 6) is -0.344. The van der Waals surface area contributed by atoms with Crippen molar-refractivity contribution < 1.29 is 48.2 Å². The van der Waals surface area contributed by atoms with Gasteiger partial charge in [0, 0.05) is 14.0 Å². The number of fused-ring (bicyclic) bond motifs is 2. The Kier molecular flexibility index (Phi) is 10.7. The van der Waals surface area contributed by atoms with Crippen molar-refractivity contribution in [1.82, 2.24) is 5.32 Å². The van der Waals surface area contributed by atoms with Crippen molar-refractivity contribution in [2.45, 2.75) is 37.1 Å². The highest BCUT2D eigenvalue weighted by Gasteiger charge is 2.59. The Morgan fingerprint density at radius 3 is 2.10 bits per heavy atom. The van der Waals surface area contributed by atoms with Crippen LogP contribution in [-0.2, 0) is 38.0 Å². The summed E-state index contributed by atoms with van der Waals surface area (Å²) >= 11 is 0. The smallest absolute Gasteiger partial charge is 0.217 e. The van der Waals surface area contributed by atoms with Crippen LogP contribution in [0.2, 0.25) is 0 Å². The summed E-state index contributed by atoms with van der Waals surface area (Å²) in [5, 5.41) is 23.3. The topological polar surface area (TPSA) is 134 Å². The van der Waals surface area contributed by atoms with E-state index < -0.39 is 30.1 Å². The number of nitrogens with one attached hydrogen (secondary N) is 1. The lowest BCUT2D eigenvalue weighted by Crippen LogP contribution is -2.66. The van der Waals surface area contributed by atoms with Crippen molar-refractivity contribution in [3.8, 4) is 0 Å². The van der Waals surface area contributed by atoms with E-state index in [0.29, 0.717) is 46.2 Å². The Morgan fingerprint density at radius 1 is 1.00 bits per heavy atom. The van der Waals surface area contributed by atoms with E-state index in [0.717, 1.165) is 0 Å². The van der Waals surface area contributed by atoms with E-state index in [1.807, 2.05) is 0 Å². The Labute approximate surface area is 170 Å². The monoisotopic (exact) mass is 423 g/mol. The second-order valence-electron chi connectivity index (χ2n) is 6.91. The molecule has 2 bridgehead atoms. The minimum Gasteiger partial charge on any atom is -0.388 e. The van der Waals surface area contributed by atoms with E-state index >= 15 is 0 Å². The van der Waals surface area contributed by atoms with Crippen molar-refractivity contribution in [3.05, 3.63) is 0 Å². The molecule has 0 aliphatic carbocycles. The number of methoxy groups -OCH3 is 1. The molecule has 29 heavy (non-hydrogen) atoms. The first kappa shape index (κ1) is 24.4. The predicted octanol–water partition coefficient (Wildman–Crippen LogP) is -1.95. The molecule has 5 unspecified atom stereocenters. The minimum atomic E-state index is -1.25. The van der Waals surface area contributed by atoms with Gasteiger partial charge in [0.25, 0.3) is 0 Å². The van der Waals surface area contributed by atoms with Crippen LogP contribution >= 0.6 is 0 Å². The highest BCUT2D eigenvalue weighted by atomic mass is 16.8. The fourth-order valence-electron chi connectivity index (χ4n) is 3.12. The van der Waals surface area contributed by atoms with Crippen LogP contribution in [0.5, 0.6) is 0 Å². The molecule has 5 atom stereocenters. The Morgan fingerprint density at radius 2 is 1.55 bits per heavy atom. The SMILES string of the molecule is COCCOCCOCCOCCOCC12COC(O1)C(NC(C)=O)C(O)C2O. The summed E-state index contributed by atoms with van der Waals surface area (Å²) < 4.78 is 37.7. The van der Waals surface area contributed by atoms with Crippen molar-refractivity contribution >= 4 is 5.91 Å². The lowest BCUT2D eigenvalue weighted by Gasteiger charge is -2.42. The number of aliphatic hydroxyl groups is 2. The number of hydrogen-bond donors (Lipinski definition) is 3. The van der Waals surface area contributed by atoms with Crippen LogP contribution in [0.1, 0.15) is 6.92 Å². The zero-order valence-electron chi connectivity index (χ0n) is 17.0. The molecular formula is C18H33NO10. The Balaban J connectivity index is 1.53. The van der Waals surface area contributed by atoms with Gasteiger partial charge in [0.1, 0.15) is 23.9 Å². The molecule has 2 aliphatic rings. The lowest BCUT2D eigenvalue weighted by atomic mass is 9.88. The summed E-state index contributed by atoms with van der Waals surface area (Å²) in [5.41, 5.74) is -1.16. The summed E-state index contributed by atoms with van der Waals surface area (Å²) in [6.45, 7) is 5.03. The van der Waals surface area contributed by atoms with Crippen LogP contribution in [0.25, 0.3) is 0 Å². The highest BCUT2D eigenvalue weighted by Crippen LogP contribution is 2.37. The maximum absolute atomic E-state index is 11.3. The van der Waals surface area contributed by atoms with E-state index in [-0.39, 0.29) is 25.7 Å². The Bertz CT molecular complexity index is 482. The maximum Gasteiger partial charge on any atom is 0.217 e. The molecule has 3 N–H and O–H groups in total. The summed E-state index contributed by atoms with van der Waals surface area (Å²) in [6.07, 6.45) is -3.29. The third-order valence-electron chi connectivity index (χ3n) is 4.63. The van der Waals surface area contributed by atoms with Gasteiger partial charge in [-0.3, -0.25) is 4.79 Å². The first-order chi connectivity index (χ1) is 14.0. The van der Waals surface area contributed by atoms with E-state index in [1.54, 1.807) is 7.11 Å². The van der Waals surface area contributed by atoms with Crippen LogP contribution in [-0.4, -0.2) is 119 Å². The zero-order chi connectivity index (χ0) is 21.1. The van der Waals surface area contributed by atoms with E-state index in [1.165, 1.54) is 6.92 Å². The second kappa shape index (κ2) is 12.7. The van der Waals surface area contributed by atoms with Gasteiger partial charge in [0.15, 0.2) is 6.29 Å². The summed E-state index contributed by atoms with van der Waals surface area (Å²) in [4.78, 5) is 11.3. The third kappa shape index (κ3) is 7.39. The first-order valence-corrected chi connectivity index (χ1v) is 9.73. The number of aliphatic hydroxyl groups excluding tert-OH is 2. The number of ether oxygens (including phenoxy) is 7. The molecule has 170 valence electrons. The third-order valence-corrected chi connectivity index (χ3v) is 4.63. The molecule has 11 nitrogen and oxygen atoms in total. The zero-order valence-corrected chi connectivity index (χ0v) is 17.0. The Hall–Kier alpha value is -0.890. The molecule has 2 saturated heterocycles. The van der Waals surface area contributed by atoms with Crippen LogP contribution < -0.4 is 5.32 Å². The van der Waals surface area contributed by atoms with Gasteiger partial charge >= 0.3 is 0 Å². The van der Waals surface area contributed by atoms with Gasteiger partial charge in [-0.05, 0) is 0 Å². The van der Waals surface area contributed by atoms with Gasteiger partial charge in [0.2, 0.25) is 5.91 Å². The van der Waals surface area contributed by atoms with Gasteiger partial charge in [-0.15, -0.1) is 0 Å². The molecule has 2 heterocycles. The summed E-state index contributed by atoms with van der Waals surface area (Å²) in [7, 11) is 1.62. The quantitative estimate of drug-likeness (QED) is 0.255. The van der Waals surface area contributed by atoms with E-state index in [4.69, 9.17) is 33.2 Å². The molecule has 0 aromatic carbocycles. The van der Waals surface area contributed by atoms with Crippen molar-refractivity contribution in [2.75, 3.05) is 73.2 Å². The van der Waals surface area contributed by atoms with Crippen LogP contribution in [0, 0.1) is 0 Å². The number of rotatable bonds is 15. The van der Waals surface area contributed by atoms with Crippen LogP contribution in [0.3, 0.4) is 0 Å². The molecule has 0 saturated carbocycles. The molecular weight excluding hydrogens is 390 g/mol. The fourth-order valence-corrected chi connectivity index (χ4v) is 3.12. The number of hydrogen-bond acceptors (Lipinski definition) is 10. The first-order valence-electron chi connectivity index (χ1n) is 9.73. The molecule has 2 aliphatic heterocycles. The fraction of sp³-hybridized carbons (Fsp3) is 0.944. The minimum absolute atomic E-state index is 0.0349. The molecule has 0 radical (unpaired) electrons. The average molecular weight is 423 g/mol. The normalized spacial score (nSPS) is 31.2. The van der Waals surface area contributed by atoms with Crippen molar-refractivity contribution in [1.29, 1.82) is 0 Å². The maximum atomic E-state index is 11.3. The van der Waals surface area contributed by atoms with Gasteiger partial charge in [-0.2, -0.15) is 0 Å². The second-order valence-corrected chi connectivity index (χ2v) is 6.91. The summed E-state index contributed by atoms with van der Waals surface area (Å²) in [6, 6.07) is -0.827. The van der Waals surface area contributed by atoms with Gasteiger partial charge in [-0.1, -0.05) is 0 Å². The van der Waals surface area contributed by atoms with Crippen molar-refractivity contribution in [2.24, 2.45) is 0 Å². The van der Waals surface area contributed by atoms with Crippen LogP contribution in [0.4, 0.5) is 0 Å². The molecule has 1 amide bonds. The highest BCUT2D eigenvalue weighted by molar-refractivity contribution is 5.73. The predicted molar refractivity (Wildman–Crippen MR) is 98.3 cm³/mol.